The molecule has 9 heavy (non-hydrogen) atoms. The van der Waals surface area contributed by atoms with Gasteiger partial charge in [-0.05, 0) is 0 Å². The summed E-state index contributed by atoms with van der Waals surface area (Å²) in [6, 6.07) is 0. The van der Waals surface area contributed by atoms with Crippen molar-refractivity contribution in [3.8, 4) is 0 Å². The molecule has 0 aromatic heterocycles. The van der Waals surface area contributed by atoms with E-state index < -0.39 is 0 Å². The van der Waals surface area contributed by atoms with E-state index in [-0.39, 0.29) is 0 Å². The van der Waals surface area contributed by atoms with E-state index in [4.69, 9.17) is 15.0 Å². The third-order valence-electron chi connectivity index (χ3n) is 0.610. The molecule has 0 radical (unpaired) electrons. The first-order valence-corrected chi connectivity index (χ1v) is 4.05. The second-order valence-electron chi connectivity index (χ2n) is 1.13. The summed E-state index contributed by atoms with van der Waals surface area (Å²) in [6.45, 7) is 0. The van der Waals surface area contributed by atoms with Gasteiger partial charge in [0.25, 0.3) is 0 Å². The molecule has 0 saturated carbocycles. The summed E-state index contributed by atoms with van der Waals surface area (Å²) in [6.07, 6.45) is 10.0. The van der Waals surface area contributed by atoms with Crippen molar-refractivity contribution < 1.29 is 17.9 Å². The minimum Gasteiger partial charge on any atom is -0.273 e. The normalized spacial score (nSPS) is 12.6. The topological polar surface area (TPSA) is 17.1 Å². The zero-order valence-corrected chi connectivity index (χ0v) is 6.29. The molecule has 1 nitrogen and oxygen atoms in total. The van der Waals surface area contributed by atoms with Gasteiger partial charge in [-0.1, -0.05) is 0 Å². The zero-order chi connectivity index (χ0) is 6.95. The van der Waals surface area contributed by atoms with Gasteiger partial charge in [0.1, 0.15) is 0 Å². The van der Waals surface area contributed by atoms with E-state index in [2.05, 4.69) is 12.2 Å². The fourth-order valence-electron chi connectivity index (χ4n) is 0.340. The summed E-state index contributed by atoms with van der Waals surface area (Å²) in [5.74, 6) is 0. The van der Waals surface area contributed by atoms with Crippen molar-refractivity contribution in [2.45, 2.75) is 6.42 Å². The predicted octanol–water partition coefficient (Wildman–Crippen LogP) is 1.60. The molecule has 3 heteroatoms. The number of carbonyl (C=O) groups excluding carboxylic acids is 1. The van der Waals surface area contributed by atoms with Crippen LogP contribution in [-0.2, 0) is 17.9 Å². The van der Waals surface area contributed by atoms with Gasteiger partial charge in [-0.3, -0.25) is 6.08 Å². The Labute approximate surface area is 64.0 Å². The van der Waals surface area contributed by atoms with Gasteiger partial charge >= 0.3 is 33.0 Å². The van der Waals surface area contributed by atoms with Crippen LogP contribution in [0, 0.1) is 6.08 Å². The van der Waals surface area contributed by atoms with Gasteiger partial charge in [0.2, 0.25) is 0 Å². The summed E-state index contributed by atoms with van der Waals surface area (Å²) >= 11 is 0.389. The van der Waals surface area contributed by atoms with Gasteiger partial charge in [-0.25, -0.2) is 12.2 Å². The van der Waals surface area contributed by atoms with E-state index in [9.17, 15) is 0 Å². The van der Waals surface area contributed by atoms with E-state index in [1.165, 1.54) is 4.86 Å². The molecule has 0 aromatic carbocycles. The van der Waals surface area contributed by atoms with Crippen molar-refractivity contribution in [3.05, 3.63) is 24.3 Å². The Kier molecular flexibility index (Phi) is 7.71. The second kappa shape index (κ2) is 7.84. The summed E-state index contributed by atoms with van der Waals surface area (Å²) < 4.78 is 0. The first kappa shape index (κ1) is 8.84. The van der Waals surface area contributed by atoms with Crippen LogP contribution >= 0.6 is 10.2 Å². The molecule has 0 N–H and O–H groups in total. The number of hydrogen-bond acceptors (Lipinski definition) is 1. The van der Waals surface area contributed by atoms with Gasteiger partial charge in [-0.2, -0.15) is 6.08 Å². The van der Waals surface area contributed by atoms with E-state index in [0.717, 1.165) is 6.42 Å². The molecule has 53 valence electrons. The van der Waals surface area contributed by atoms with E-state index in [0.29, 0.717) is 13.1 Å². The summed E-state index contributed by atoms with van der Waals surface area (Å²) in [4.78, 5) is 10.3. The number of halogens is 1. The smallest absolute Gasteiger partial charge is 0.109 e. The van der Waals surface area contributed by atoms with Crippen molar-refractivity contribution in [1.29, 1.82) is 0 Å². The Morgan fingerprint density at radius 2 is 2.44 bits per heavy atom. The van der Waals surface area contributed by atoms with Crippen LogP contribution in [0.15, 0.2) is 18.2 Å². The number of rotatable bonds is 0. The third kappa shape index (κ3) is 7.84. The fourth-order valence-corrected chi connectivity index (χ4v) is 0.340. The van der Waals surface area contributed by atoms with Crippen LogP contribution < -0.4 is 0 Å². The minimum absolute atomic E-state index is 0.389. The van der Waals surface area contributed by atoms with Crippen molar-refractivity contribution in [3.63, 3.8) is 0 Å². The quantitative estimate of drug-likeness (QED) is 0.416. The molecule has 0 amide bonds. The maximum absolute atomic E-state index is 8.89. The third-order valence-corrected chi connectivity index (χ3v) is 0.888. The van der Waals surface area contributed by atoms with Gasteiger partial charge in [0.15, 0.2) is 0 Å². The molecule has 0 aromatic rings. The van der Waals surface area contributed by atoms with E-state index in [1.807, 2.05) is 12.2 Å². The summed E-state index contributed by atoms with van der Waals surface area (Å²) in [5, 5.41) is 0. The number of hydrogen-bond donors (Lipinski definition) is 0. The van der Waals surface area contributed by atoms with Gasteiger partial charge in [0.05, 0.1) is 0 Å². The van der Waals surface area contributed by atoms with Crippen LogP contribution in [0.25, 0.3) is 0 Å². The SMILES string of the molecule is O=[C]=[Ni][Cl].[C-]1=CC=CC1. The summed E-state index contributed by atoms with van der Waals surface area (Å²) in [5.41, 5.74) is 0. The zero-order valence-electron chi connectivity index (χ0n) is 4.54. The van der Waals surface area contributed by atoms with Gasteiger partial charge in [0, 0.05) is 0 Å². The van der Waals surface area contributed by atoms with Gasteiger partial charge in [-0.15, -0.1) is 6.42 Å². The molecule has 0 spiro atoms. The monoisotopic (exact) mass is 186 g/mol. The Morgan fingerprint density at radius 3 is 2.56 bits per heavy atom. The van der Waals surface area contributed by atoms with Crippen LogP contribution in [0.1, 0.15) is 6.42 Å². The average molecular weight is 187 g/mol. The first-order chi connectivity index (χ1) is 4.41. The van der Waals surface area contributed by atoms with Crippen LogP contribution in [-0.4, -0.2) is 4.86 Å². The van der Waals surface area contributed by atoms with Crippen molar-refractivity contribution in [1.82, 2.24) is 0 Å². The summed E-state index contributed by atoms with van der Waals surface area (Å²) in [7, 11) is 4.70. The molecule has 0 saturated heterocycles. The second-order valence-corrected chi connectivity index (χ2v) is 2.01. The molecule has 0 heterocycles. The van der Waals surface area contributed by atoms with Crippen LogP contribution in [0.2, 0.25) is 0 Å². The fraction of sp³-hybridized carbons (Fsp3) is 0.167. The molecular weight excluding hydrogens is 182 g/mol. The molecular formula is C6H5ClNiO-. The first-order valence-electron chi connectivity index (χ1n) is 2.20. The maximum atomic E-state index is 8.89. The minimum atomic E-state index is 0.389. The van der Waals surface area contributed by atoms with E-state index in [1.54, 1.807) is 0 Å². The Balaban J connectivity index is 0.000000148. The Bertz CT molecular complexity index is 146. The molecule has 0 unspecified atom stereocenters. The number of allylic oxidation sites excluding steroid dienone is 4. The molecule has 1 aliphatic rings. The molecule has 0 bridgehead atoms. The van der Waals surface area contributed by atoms with Crippen LogP contribution in [0.4, 0.5) is 0 Å². The molecule has 0 atom stereocenters. The largest absolute Gasteiger partial charge is 0.273 e. The predicted molar refractivity (Wildman–Crippen MR) is 33.1 cm³/mol. The maximum Gasteiger partial charge on any atom is -0.109 e. The molecule has 0 aliphatic heterocycles. The average Bonchev–Trinajstić information content (AvgIpc) is 2.43. The molecule has 1 aliphatic carbocycles. The van der Waals surface area contributed by atoms with E-state index >= 15 is 0 Å². The van der Waals surface area contributed by atoms with Crippen molar-refractivity contribution >= 4 is 15.1 Å². The van der Waals surface area contributed by atoms with Crippen molar-refractivity contribution in [2.75, 3.05) is 0 Å². The van der Waals surface area contributed by atoms with Gasteiger partial charge < -0.3 is 0 Å². The molecule has 1 rings (SSSR count). The Morgan fingerprint density at radius 1 is 1.78 bits per heavy atom. The van der Waals surface area contributed by atoms with Crippen LogP contribution in [0.5, 0.6) is 0 Å². The van der Waals surface area contributed by atoms with Crippen molar-refractivity contribution in [2.24, 2.45) is 0 Å². The standard InChI is InChI=1S/C5H5.CO.ClH.Ni/c1-2-4-5-3-1;1-2;;/h1-3H,4H2;;1H;/q-1;;;+1/p-1. The van der Waals surface area contributed by atoms with Crippen LogP contribution in [0.3, 0.4) is 0 Å². The molecule has 0 fully saturated rings. The Hall–Kier alpha value is -0.156.